The molecule has 1 aliphatic rings. The highest BCUT2D eigenvalue weighted by Gasteiger charge is 2.48. The van der Waals surface area contributed by atoms with Crippen LogP contribution in [0, 0.1) is 6.92 Å². The smallest absolute Gasteiger partial charge is 0.330 e. The van der Waals surface area contributed by atoms with Crippen LogP contribution in [0.1, 0.15) is 18.7 Å². The number of halogens is 1. The van der Waals surface area contributed by atoms with E-state index in [0.717, 1.165) is 17.7 Å². The Bertz CT molecular complexity index is 654. The maximum absolute atomic E-state index is 14.4. The molecule has 21 heavy (non-hydrogen) atoms. The molecular weight excluding hydrogens is 287 g/mol. The van der Waals surface area contributed by atoms with Crippen molar-refractivity contribution >= 4 is 5.97 Å². The largest absolute Gasteiger partial charge is 0.456 e. The van der Waals surface area contributed by atoms with Crippen LogP contribution in [0.2, 0.25) is 0 Å². The number of hydrogen-bond acceptors (Lipinski definition) is 6. The zero-order chi connectivity index (χ0) is 15.7. The first-order valence-corrected chi connectivity index (χ1v) is 6.24. The lowest BCUT2D eigenvalue weighted by atomic mass is 10.1. The Balaban J connectivity index is 2.37. The van der Waals surface area contributed by atoms with Gasteiger partial charge in [0, 0.05) is 18.7 Å². The third-order valence-electron chi connectivity index (χ3n) is 3.17. The Morgan fingerprint density at radius 2 is 2.24 bits per heavy atom. The number of hydrogen-bond donors (Lipinski definition) is 2. The van der Waals surface area contributed by atoms with Gasteiger partial charge in [0.1, 0.15) is 6.10 Å². The number of rotatable bonds is 3. The molecule has 1 fully saturated rings. The van der Waals surface area contributed by atoms with Crippen LogP contribution in [0.3, 0.4) is 0 Å². The van der Waals surface area contributed by atoms with Gasteiger partial charge in [-0.1, -0.05) is 0 Å². The average Bonchev–Trinajstić information content (AvgIpc) is 2.71. The number of nitrogens with zero attached hydrogens (tertiary/aromatic N) is 1. The van der Waals surface area contributed by atoms with Gasteiger partial charge >= 0.3 is 11.7 Å². The van der Waals surface area contributed by atoms with E-state index in [9.17, 15) is 23.9 Å². The SMILES string of the molecule is CC(=O)O[C@@H]1C(F)[C@H](n2cc(C)c(=O)[nH]c2=O)O[C@@H]1CO. The van der Waals surface area contributed by atoms with Crippen LogP contribution in [0.15, 0.2) is 15.8 Å². The third-order valence-corrected chi connectivity index (χ3v) is 3.17. The van der Waals surface area contributed by atoms with Gasteiger partial charge in [0.25, 0.3) is 5.56 Å². The molecule has 1 aromatic heterocycles. The zero-order valence-electron chi connectivity index (χ0n) is 11.4. The molecule has 0 aliphatic carbocycles. The molecule has 0 bridgehead atoms. The third kappa shape index (κ3) is 2.88. The van der Waals surface area contributed by atoms with E-state index in [1.807, 2.05) is 4.98 Å². The summed E-state index contributed by atoms with van der Waals surface area (Å²) >= 11 is 0. The van der Waals surface area contributed by atoms with Gasteiger partial charge in [-0.05, 0) is 6.92 Å². The van der Waals surface area contributed by atoms with Gasteiger partial charge in [0.2, 0.25) is 0 Å². The summed E-state index contributed by atoms with van der Waals surface area (Å²) in [5.74, 6) is -0.727. The monoisotopic (exact) mass is 302 g/mol. The summed E-state index contributed by atoms with van der Waals surface area (Å²) in [7, 11) is 0. The van der Waals surface area contributed by atoms with Crippen molar-refractivity contribution in [1.82, 2.24) is 9.55 Å². The molecule has 2 heterocycles. The fourth-order valence-electron chi connectivity index (χ4n) is 2.17. The molecule has 0 saturated carbocycles. The van der Waals surface area contributed by atoms with Gasteiger partial charge in [-0.3, -0.25) is 19.1 Å². The molecule has 4 atom stereocenters. The van der Waals surface area contributed by atoms with Crippen LogP contribution in [0.5, 0.6) is 0 Å². The molecule has 0 spiro atoms. The predicted molar refractivity (Wildman–Crippen MR) is 67.5 cm³/mol. The lowest BCUT2D eigenvalue weighted by Crippen LogP contribution is -2.38. The van der Waals surface area contributed by atoms with E-state index in [1.165, 1.54) is 6.92 Å². The van der Waals surface area contributed by atoms with Crippen LogP contribution in [0.25, 0.3) is 0 Å². The van der Waals surface area contributed by atoms with Crippen molar-refractivity contribution in [2.24, 2.45) is 0 Å². The first kappa shape index (κ1) is 15.4. The van der Waals surface area contributed by atoms with Gasteiger partial charge in [-0.15, -0.1) is 0 Å². The van der Waals surface area contributed by atoms with E-state index in [2.05, 4.69) is 0 Å². The number of nitrogens with one attached hydrogen (secondary N) is 1. The highest BCUT2D eigenvalue weighted by molar-refractivity contribution is 5.66. The van der Waals surface area contributed by atoms with Gasteiger partial charge in [-0.25, -0.2) is 9.18 Å². The molecule has 0 radical (unpaired) electrons. The van der Waals surface area contributed by atoms with Gasteiger partial charge < -0.3 is 14.6 Å². The van der Waals surface area contributed by atoms with Crippen LogP contribution < -0.4 is 11.2 Å². The number of aromatic amines is 1. The summed E-state index contributed by atoms with van der Waals surface area (Å²) in [6.07, 6.45) is -4.50. The second-order valence-corrected chi connectivity index (χ2v) is 4.74. The first-order chi connectivity index (χ1) is 9.85. The van der Waals surface area contributed by atoms with Crippen LogP contribution in [-0.4, -0.2) is 45.6 Å². The Kier molecular flexibility index (Phi) is 4.24. The van der Waals surface area contributed by atoms with Crippen LogP contribution in [0.4, 0.5) is 4.39 Å². The summed E-state index contributed by atoms with van der Waals surface area (Å²) in [5, 5.41) is 9.17. The lowest BCUT2D eigenvalue weighted by molar-refractivity contribution is -0.152. The molecule has 8 nitrogen and oxygen atoms in total. The minimum absolute atomic E-state index is 0.196. The predicted octanol–water partition coefficient (Wildman–Crippen LogP) is -0.995. The lowest BCUT2D eigenvalue weighted by Gasteiger charge is -2.17. The molecule has 1 saturated heterocycles. The number of carbonyl (C=O) groups is 1. The molecule has 0 aromatic carbocycles. The zero-order valence-corrected chi connectivity index (χ0v) is 11.4. The number of alkyl halides is 1. The van der Waals surface area contributed by atoms with E-state index in [1.54, 1.807) is 0 Å². The molecule has 9 heteroatoms. The standard InChI is InChI=1S/C12H15FN2O6/c1-5-3-15(12(19)14-10(5)18)11-8(13)9(20-6(2)17)7(4-16)21-11/h3,7-9,11,16H,4H2,1-2H3,(H,14,18,19)/t7-,8?,9+,11-/m1/s1. The Morgan fingerprint density at radius 1 is 1.57 bits per heavy atom. The molecule has 116 valence electrons. The minimum Gasteiger partial charge on any atom is -0.456 e. The molecule has 1 aliphatic heterocycles. The van der Waals surface area contributed by atoms with E-state index in [-0.39, 0.29) is 5.56 Å². The number of esters is 1. The topological polar surface area (TPSA) is 111 Å². The fraction of sp³-hybridized carbons (Fsp3) is 0.583. The van der Waals surface area contributed by atoms with Crippen molar-refractivity contribution < 1.29 is 23.8 Å². The van der Waals surface area contributed by atoms with Crippen LogP contribution >= 0.6 is 0 Å². The summed E-state index contributed by atoms with van der Waals surface area (Å²) in [6.45, 7) is 1.97. The van der Waals surface area contributed by atoms with E-state index in [4.69, 9.17) is 9.47 Å². The Hall–Kier alpha value is -2.00. The average molecular weight is 302 g/mol. The summed E-state index contributed by atoms with van der Waals surface area (Å²) in [4.78, 5) is 36.0. The van der Waals surface area contributed by atoms with Crippen molar-refractivity contribution in [1.29, 1.82) is 0 Å². The number of aliphatic hydroxyl groups is 1. The second kappa shape index (κ2) is 5.78. The first-order valence-electron chi connectivity index (χ1n) is 6.24. The molecule has 1 aromatic rings. The fourth-order valence-corrected chi connectivity index (χ4v) is 2.17. The van der Waals surface area contributed by atoms with Crippen molar-refractivity contribution in [3.05, 3.63) is 32.6 Å². The summed E-state index contributed by atoms with van der Waals surface area (Å²) < 4.78 is 25.3. The Morgan fingerprint density at radius 3 is 2.81 bits per heavy atom. The molecule has 2 N–H and O–H groups in total. The van der Waals surface area contributed by atoms with Gasteiger partial charge in [-0.2, -0.15) is 0 Å². The summed E-state index contributed by atoms with van der Waals surface area (Å²) in [6, 6.07) is 0. The number of ether oxygens (including phenoxy) is 2. The minimum atomic E-state index is -1.85. The van der Waals surface area contributed by atoms with E-state index < -0.39 is 48.4 Å². The maximum atomic E-state index is 14.4. The van der Waals surface area contributed by atoms with Crippen LogP contribution in [-0.2, 0) is 14.3 Å². The molecule has 0 amide bonds. The van der Waals surface area contributed by atoms with Gasteiger partial charge in [0.05, 0.1) is 6.61 Å². The number of H-pyrrole nitrogens is 1. The maximum Gasteiger partial charge on any atom is 0.330 e. The highest BCUT2D eigenvalue weighted by atomic mass is 19.1. The van der Waals surface area contributed by atoms with Gasteiger partial charge in [0.15, 0.2) is 18.5 Å². The number of aliphatic hydroxyl groups excluding tert-OH is 1. The van der Waals surface area contributed by atoms with Crippen molar-refractivity contribution in [3.8, 4) is 0 Å². The van der Waals surface area contributed by atoms with Crippen molar-refractivity contribution in [3.63, 3.8) is 0 Å². The molecule has 2 rings (SSSR count). The number of carbonyl (C=O) groups excluding carboxylic acids is 1. The molecular formula is C12H15FN2O6. The van der Waals surface area contributed by atoms with Crippen molar-refractivity contribution in [2.75, 3.05) is 6.61 Å². The Labute approximate surface area is 118 Å². The van der Waals surface area contributed by atoms with Crippen molar-refractivity contribution in [2.45, 2.75) is 38.5 Å². The number of aromatic nitrogens is 2. The summed E-state index contributed by atoms with van der Waals surface area (Å²) in [5.41, 5.74) is -1.24. The van der Waals surface area contributed by atoms with E-state index >= 15 is 0 Å². The van der Waals surface area contributed by atoms with E-state index in [0.29, 0.717) is 0 Å². The second-order valence-electron chi connectivity index (χ2n) is 4.74. The quantitative estimate of drug-likeness (QED) is 0.693. The molecule has 1 unspecified atom stereocenters. The number of aryl methyl sites for hydroxylation is 1. The normalized spacial score (nSPS) is 28.6. The highest BCUT2D eigenvalue weighted by Crippen LogP contribution is 2.32.